The van der Waals surface area contributed by atoms with Crippen molar-refractivity contribution in [2.24, 2.45) is 5.92 Å². The van der Waals surface area contributed by atoms with Crippen LogP contribution in [0.3, 0.4) is 0 Å². The number of carbonyl (C=O) groups excluding carboxylic acids is 1. The van der Waals surface area contributed by atoms with E-state index in [0.717, 1.165) is 12.8 Å². The molecule has 0 spiro atoms. The third kappa shape index (κ3) is 5.19. The average Bonchev–Trinajstić information content (AvgIpc) is 3.08. The molecular weight excluding hydrogens is 312 g/mol. The number of aliphatic hydroxyl groups is 1. The summed E-state index contributed by atoms with van der Waals surface area (Å²) in [5.41, 5.74) is -0.844. The molecule has 0 bridgehead atoms. The lowest BCUT2D eigenvalue weighted by Crippen LogP contribution is -2.50. The Morgan fingerprint density at radius 1 is 1.39 bits per heavy atom. The van der Waals surface area contributed by atoms with Gasteiger partial charge in [-0.25, -0.2) is 4.79 Å². The second kappa shape index (κ2) is 8.66. The van der Waals surface area contributed by atoms with Gasteiger partial charge in [-0.1, -0.05) is 32.8 Å². The first kappa shape index (κ1) is 18.2. The van der Waals surface area contributed by atoms with E-state index in [4.69, 9.17) is 4.74 Å². The van der Waals surface area contributed by atoms with E-state index < -0.39 is 5.60 Å². The lowest BCUT2D eigenvalue weighted by Gasteiger charge is -2.32. The van der Waals surface area contributed by atoms with Gasteiger partial charge < -0.3 is 20.5 Å². The van der Waals surface area contributed by atoms with E-state index in [-0.39, 0.29) is 18.6 Å². The molecule has 130 valence electrons. The Morgan fingerprint density at radius 3 is 2.65 bits per heavy atom. The normalized spacial score (nSPS) is 18.6. The van der Waals surface area contributed by atoms with E-state index in [0.29, 0.717) is 32.0 Å². The van der Waals surface area contributed by atoms with Gasteiger partial charge in [0.05, 0.1) is 11.6 Å². The van der Waals surface area contributed by atoms with Crippen LogP contribution in [0.5, 0.6) is 0 Å². The number of rotatable bonds is 7. The van der Waals surface area contributed by atoms with Gasteiger partial charge in [0.1, 0.15) is 0 Å². The maximum absolute atomic E-state index is 12.3. The van der Waals surface area contributed by atoms with Crippen LogP contribution in [0.4, 0.5) is 4.79 Å². The van der Waals surface area contributed by atoms with Crippen LogP contribution in [0.1, 0.15) is 50.4 Å². The highest BCUT2D eigenvalue weighted by Gasteiger charge is 2.31. The van der Waals surface area contributed by atoms with Crippen LogP contribution >= 0.6 is 11.3 Å². The second-order valence-corrected chi connectivity index (χ2v) is 7.21. The van der Waals surface area contributed by atoms with Crippen molar-refractivity contribution in [3.63, 3.8) is 0 Å². The molecule has 2 heterocycles. The minimum Gasteiger partial charge on any atom is -0.388 e. The smallest absolute Gasteiger partial charge is 0.315 e. The summed E-state index contributed by atoms with van der Waals surface area (Å²) in [6, 6.07) is 3.89. The number of amides is 2. The molecule has 1 aliphatic heterocycles. The molecule has 2 amide bonds. The number of carbonyl (C=O) groups is 1. The van der Waals surface area contributed by atoms with Crippen molar-refractivity contribution >= 4 is 17.4 Å². The third-order valence-corrected chi connectivity index (χ3v) is 5.61. The average molecular weight is 340 g/mol. The van der Waals surface area contributed by atoms with Gasteiger partial charge in [0.25, 0.3) is 0 Å². The molecule has 0 aliphatic carbocycles. The summed E-state index contributed by atoms with van der Waals surface area (Å²) in [4.78, 5) is 13.5. The molecule has 3 N–H and O–H groups in total. The maximum atomic E-state index is 12.3. The number of thiophene rings is 1. The monoisotopic (exact) mass is 340 g/mol. The van der Waals surface area contributed by atoms with Crippen molar-refractivity contribution in [1.29, 1.82) is 0 Å². The zero-order valence-corrected chi connectivity index (χ0v) is 14.8. The third-order valence-electron chi connectivity index (χ3n) is 4.66. The van der Waals surface area contributed by atoms with E-state index in [9.17, 15) is 9.90 Å². The molecule has 1 aliphatic rings. The Hall–Kier alpha value is -1.11. The molecule has 1 saturated heterocycles. The Kier molecular flexibility index (Phi) is 6.87. The molecule has 1 aromatic rings. The standard InChI is InChI=1S/C17H28N2O3S/c1-3-13(4-2)15(14-6-5-11-23-14)19-16(20)18-12-17(21)7-9-22-10-8-17/h5-6,11,13,15,21H,3-4,7-10,12H2,1-2H3,(H2,18,19,20). The van der Waals surface area contributed by atoms with Crippen molar-refractivity contribution in [1.82, 2.24) is 10.6 Å². The number of hydrogen-bond acceptors (Lipinski definition) is 4. The van der Waals surface area contributed by atoms with Crippen LogP contribution in [0.25, 0.3) is 0 Å². The number of nitrogens with one attached hydrogen (secondary N) is 2. The van der Waals surface area contributed by atoms with Crippen LogP contribution in [0, 0.1) is 5.92 Å². The second-order valence-electron chi connectivity index (χ2n) is 6.23. The van der Waals surface area contributed by atoms with Gasteiger partial charge in [0.15, 0.2) is 0 Å². The summed E-state index contributed by atoms with van der Waals surface area (Å²) in [5, 5.41) is 18.4. The molecule has 1 atom stereocenters. The molecular formula is C17H28N2O3S. The minimum atomic E-state index is -0.844. The van der Waals surface area contributed by atoms with Crippen LogP contribution in [0.15, 0.2) is 17.5 Å². The molecule has 1 aromatic heterocycles. The Bertz CT molecular complexity index is 468. The van der Waals surface area contributed by atoms with E-state index in [1.54, 1.807) is 11.3 Å². The largest absolute Gasteiger partial charge is 0.388 e. The quantitative estimate of drug-likeness (QED) is 0.714. The van der Waals surface area contributed by atoms with Crippen LogP contribution < -0.4 is 10.6 Å². The molecule has 0 radical (unpaired) electrons. The first-order chi connectivity index (χ1) is 11.1. The zero-order valence-electron chi connectivity index (χ0n) is 14.0. The maximum Gasteiger partial charge on any atom is 0.315 e. The first-order valence-corrected chi connectivity index (χ1v) is 9.34. The molecule has 5 nitrogen and oxygen atoms in total. The molecule has 1 fully saturated rings. The van der Waals surface area contributed by atoms with Crippen LogP contribution in [-0.2, 0) is 4.74 Å². The molecule has 0 saturated carbocycles. The van der Waals surface area contributed by atoms with Gasteiger partial charge in [-0.05, 0) is 17.4 Å². The summed E-state index contributed by atoms with van der Waals surface area (Å²) < 4.78 is 5.26. The highest BCUT2D eigenvalue weighted by atomic mass is 32.1. The van der Waals surface area contributed by atoms with E-state index in [1.165, 1.54) is 4.88 Å². The highest BCUT2D eigenvalue weighted by Crippen LogP contribution is 2.30. The number of ether oxygens (including phenoxy) is 1. The van der Waals surface area contributed by atoms with Gasteiger partial charge >= 0.3 is 6.03 Å². The molecule has 6 heteroatoms. The minimum absolute atomic E-state index is 0.0225. The van der Waals surface area contributed by atoms with Gasteiger partial charge in [-0.15, -0.1) is 11.3 Å². The summed E-state index contributed by atoms with van der Waals surface area (Å²) in [6.07, 6.45) is 3.16. The van der Waals surface area contributed by atoms with Gasteiger partial charge in [-0.2, -0.15) is 0 Å². The topological polar surface area (TPSA) is 70.6 Å². The predicted octanol–water partition coefficient (Wildman–Crippen LogP) is 3.07. The molecule has 2 rings (SSSR count). The molecule has 0 aromatic carbocycles. The van der Waals surface area contributed by atoms with Crippen molar-refractivity contribution in [3.05, 3.63) is 22.4 Å². The Morgan fingerprint density at radius 2 is 2.09 bits per heavy atom. The van der Waals surface area contributed by atoms with E-state index in [1.807, 2.05) is 11.4 Å². The van der Waals surface area contributed by atoms with Crippen molar-refractivity contribution in [2.75, 3.05) is 19.8 Å². The van der Waals surface area contributed by atoms with Crippen molar-refractivity contribution < 1.29 is 14.6 Å². The predicted molar refractivity (Wildman–Crippen MR) is 92.7 cm³/mol. The lowest BCUT2D eigenvalue weighted by atomic mass is 9.93. The first-order valence-electron chi connectivity index (χ1n) is 8.46. The van der Waals surface area contributed by atoms with Gasteiger partial charge in [0, 0.05) is 37.5 Å². The van der Waals surface area contributed by atoms with E-state index in [2.05, 4.69) is 30.5 Å². The Balaban J connectivity index is 1.92. The Labute approximate surface area is 142 Å². The molecule has 23 heavy (non-hydrogen) atoms. The van der Waals surface area contributed by atoms with Gasteiger partial charge in [0.2, 0.25) is 0 Å². The highest BCUT2D eigenvalue weighted by molar-refractivity contribution is 7.10. The van der Waals surface area contributed by atoms with Crippen molar-refractivity contribution in [3.8, 4) is 0 Å². The fourth-order valence-corrected chi connectivity index (χ4v) is 3.88. The van der Waals surface area contributed by atoms with Crippen molar-refractivity contribution in [2.45, 2.75) is 51.2 Å². The number of hydrogen-bond donors (Lipinski definition) is 3. The van der Waals surface area contributed by atoms with E-state index >= 15 is 0 Å². The van der Waals surface area contributed by atoms with Crippen LogP contribution in [0.2, 0.25) is 0 Å². The fourth-order valence-electron chi connectivity index (χ4n) is 3.01. The lowest BCUT2D eigenvalue weighted by molar-refractivity contribution is -0.0600. The summed E-state index contributed by atoms with van der Waals surface area (Å²) in [5.74, 6) is 0.408. The summed E-state index contributed by atoms with van der Waals surface area (Å²) in [6.45, 7) is 5.66. The van der Waals surface area contributed by atoms with Gasteiger partial charge in [-0.3, -0.25) is 0 Å². The summed E-state index contributed by atoms with van der Waals surface area (Å²) in [7, 11) is 0. The number of urea groups is 1. The molecule has 1 unspecified atom stereocenters. The SMILES string of the molecule is CCC(CC)C(NC(=O)NCC1(O)CCOCC1)c1cccs1. The summed E-state index contributed by atoms with van der Waals surface area (Å²) >= 11 is 1.67. The fraction of sp³-hybridized carbons (Fsp3) is 0.706. The van der Waals surface area contributed by atoms with Crippen LogP contribution in [-0.4, -0.2) is 36.5 Å². The zero-order chi connectivity index (χ0) is 16.7.